The van der Waals surface area contributed by atoms with Crippen LogP contribution in [0.2, 0.25) is 0 Å². The minimum atomic E-state index is -4.39. The van der Waals surface area contributed by atoms with E-state index in [-0.39, 0.29) is 23.9 Å². The lowest BCUT2D eigenvalue weighted by Crippen LogP contribution is -2.23. The number of halogens is 4. The molecule has 8 heteroatoms. The Morgan fingerprint density at radius 2 is 2.00 bits per heavy atom. The van der Waals surface area contributed by atoms with Gasteiger partial charge in [-0.2, -0.15) is 18.3 Å². The van der Waals surface area contributed by atoms with E-state index in [0.717, 1.165) is 6.07 Å². The highest BCUT2D eigenvalue weighted by atomic mass is 19.4. The van der Waals surface area contributed by atoms with Crippen molar-refractivity contribution in [1.29, 1.82) is 0 Å². The van der Waals surface area contributed by atoms with Gasteiger partial charge in [0.25, 0.3) is 0 Å². The molecule has 1 aliphatic rings. The van der Waals surface area contributed by atoms with Crippen LogP contribution in [0, 0.1) is 12.8 Å². The van der Waals surface area contributed by atoms with Crippen molar-refractivity contribution in [3.8, 4) is 0 Å². The summed E-state index contributed by atoms with van der Waals surface area (Å²) in [5.74, 6) is 0.654. The van der Waals surface area contributed by atoms with Gasteiger partial charge in [0.1, 0.15) is 5.82 Å². The van der Waals surface area contributed by atoms with Crippen molar-refractivity contribution in [2.75, 3.05) is 19.8 Å². The number of hydrogen-bond acceptors (Lipinski definition) is 3. The zero-order valence-electron chi connectivity index (χ0n) is 13.1. The molecule has 2 atom stereocenters. The van der Waals surface area contributed by atoms with Crippen LogP contribution in [0.3, 0.4) is 0 Å². The lowest BCUT2D eigenvalue weighted by Gasteiger charge is -2.19. The van der Waals surface area contributed by atoms with Gasteiger partial charge in [0, 0.05) is 31.5 Å². The van der Waals surface area contributed by atoms with Crippen LogP contribution in [0.5, 0.6) is 0 Å². The number of rotatable bonds is 4. The van der Waals surface area contributed by atoms with E-state index in [0.29, 0.717) is 24.7 Å². The Balaban J connectivity index is 1.78. The molecule has 1 fully saturated rings. The number of aromatic nitrogens is 3. The molecule has 130 valence electrons. The number of likely N-dealkylation sites (tertiary alicyclic amines) is 1. The van der Waals surface area contributed by atoms with E-state index in [4.69, 9.17) is 0 Å². The Bertz CT molecular complexity index is 697. The zero-order chi connectivity index (χ0) is 17.3. The topological polar surface area (TPSA) is 44.8 Å². The molecule has 0 unspecified atom stereocenters. The summed E-state index contributed by atoms with van der Waals surface area (Å²) in [5, 5.41) is 6.82. The number of aryl methyl sites for hydroxylation is 1. The Kier molecular flexibility index (Phi) is 4.58. The average molecular weight is 342 g/mol. The van der Waals surface area contributed by atoms with E-state index < -0.39 is 18.4 Å². The fourth-order valence-corrected chi connectivity index (χ4v) is 3.24. The average Bonchev–Trinajstić information content (AvgIpc) is 3.12. The van der Waals surface area contributed by atoms with Gasteiger partial charge < -0.3 is 0 Å². The Hall–Kier alpha value is -1.96. The van der Waals surface area contributed by atoms with Crippen molar-refractivity contribution < 1.29 is 17.6 Å². The molecule has 0 aliphatic carbocycles. The second-order valence-corrected chi connectivity index (χ2v) is 6.15. The SMILES string of the molecule is Cc1nc([C@@H]2CN(Cc3ccccc3C(F)(F)F)C[C@H]2CF)n[nH]1. The summed E-state index contributed by atoms with van der Waals surface area (Å²) in [6.45, 7) is 2.17. The molecule has 1 aliphatic heterocycles. The van der Waals surface area contributed by atoms with E-state index in [9.17, 15) is 17.6 Å². The van der Waals surface area contributed by atoms with Gasteiger partial charge in [0.15, 0.2) is 5.82 Å². The minimum Gasteiger partial charge on any atom is -0.298 e. The van der Waals surface area contributed by atoms with Gasteiger partial charge in [0.2, 0.25) is 0 Å². The minimum absolute atomic E-state index is 0.131. The maximum atomic E-state index is 13.3. The predicted octanol–water partition coefficient (Wildman–Crippen LogP) is 3.32. The molecule has 1 N–H and O–H groups in total. The second-order valence-electron chi connectivity index (χ2n) is 6.15. The number of aromatic amines is 1. The first kappa shape index (κ1) is 16.9. The van der Waals surface area contributed by atoms with E-state index in [1.165, 1.54) is 12.1 Å². The monoisotopic (exact) mass is 342 g/mol. The highest BCUT2D eigenvalue weighted by Crippen LogP contribution is 2.35. The van der Waals surface area contributed by atoms with E-state index in [1.54, 1.807) is 13.0 Å². The molecule has 0 bridgehead atoms. The standard InChI is InChI=1S/C16H18F4N4/c1-10-21-15(23-22-10)13-9-24(8-12(13)6-17)7-11-4-2-3-5-14(11)16(18,19)20/h2-5,12-13H,6-9H2,1H3,(H,21,22,23)/t12-,13-/m1/s1. The number of nitrogens with zero attached hydrogens (tertiary/aromatic N) is 3. The van der Waals surface area contributed by atoms with Crippen LogP contribution >= 0.6 is 0 Å². The summed E-state index contributed by atoms with van der Waals surface area (Å²) in [4.78, 5) is 6.09. The lowest BCUT2D eigenvalue weighted by atomic mass is 9.97. The first-order valence-electron chi connectivity index (χ1n) is 7.70. The third-order valence-corrected chi connectivity index (χ3v) is 4.38. The molecule has 2 heterocycles. The highest BCUT2D eigenvalue weighted by molar-refractivity contribution is 5.29. The Labute approximate surface area is 136 Å². The quantitative estimate of drug-likeness (QED) is 0.867. The number of H-pyrrole nitrogens is 1. The molecule has 0 radical (unpaired) electrons. The first-order valence-corrected chi connectivity index (χ1v) is 7.70. The van der Waals surface area contributed by atoms with Crippen LogP contribution in [-0.2, 0) is 12.7 Å². The van der Waals surface area contributed by atoms with E-state index in [1.807, 2.05) is 4.90 Å². The molecule has 3 rings (SSSR count). The fourth-order valence-electron chi connectivity index (χ4n) is 3.24. The molecule has 0 saturated carbocycles. The number of nitrogens with one attached hydrogen (secondary N) is 1. The molecule has 4 nitrogen and oxygen atoms in total. The number of benzene rings is 1. The van der Waals surface area contributed by atoms with Gasteiger partial charge >= 0.3 is 6.18 Å². The Morgan fingerprint density at radius 3 is 2.62 bits per heavy atom. The van der Waals surface area contributed by atoms with Gasteiger partial charge in [-0.15, -0.1) is 0 Å². The summed E-state index contributed by atoms with van der Waals surface area (Å²) >= 11 is 0. The lowest BCUT2D eigenvalue weighted by molar-refractivity contribution is -0.138. The van der Waals surface area contributed by atoms with Crippen LogP contribution in [0.4, 0.5) is 17.6 Å². The maximum absolute atomic E-state index is 13.3. The zero-order valence-corrected chi connectivity index (χ0v) is 13.1. The first-order chi connectivity index (χ1) is 11.4. The Morgan fingerprint density at radius 1 is 1.25 bits per heavy atom. The molecule has 2 aromatic rings. The largest absolute Gasteiger partial charge is 0.416 e. The van der Waals surface area contributed by atoms with Crippen LogP contribution in [0.25, 0.3) is 0 Å². The predicted molar refractivity (Wildman–Crippen MR) is 80.0 cm³/mol. The third-order valence-electron chi connectivity index (χ3n) is 4.38. The van der Waals surface area contributed by atoms with E-state index in [2.05, 4.69) is 15.2 Å². The van der Waals surface area contributed by atoms with Crippen molar-refractivity contribution >= 4 is 0 Å². The van der Waals surface area contributed by atoms with Gasteiger partial charge in [-0.1, -0.05) is 18.2 Å². The van der Waals surface area contributed by atoms with Crippen LogP contribution in [0.15, 0.2) is 24.3 Å². The van der Waals surface area contributed by atoms with Gasteiger partial charge in [-0.3, -0.25) is 14.4 Å². The summed E-state index contributed by atoms with van der Waals surface area (Å²) in [6.07, 6.45) is -4.39. The van der Waals surface area contributed by atoms with Crippen molar-refractivity contribution in [1.82, 2.24) is 20.1 Å². The normalized spacial score (nSPS) is 22.2. The smallest absolute Gasteiger partial charge is 0.298 e. The third kappa shape index (κ3) is 3.43. The molecular weight excluding hydrogens is 324 g/mol. The number of hydrogen-bond donors (Lipinski definition) is 1. The van der Waals surface area contributed by atoms with Gasteiger partial charge in [0.05, 0.1) is 12.2 Å². The second kappa shape index (κ2) is 6.51. The van der Waals surface area contributed by atoms with Gasteiger partial charge in [-0.25, -0.2) is 4.98 Å². The number of alkyl halides is 4. The van der Waals surface area contributed by atoms with Crippen molar-refractivity contribution in [2.45, 2.75) is 25.6 Å². The van der Waals surface area contributed by atoms with Crippen LogP contribution in [0.1, 0.15) is 28.7 Å². The van der Waals surface area contributed by atoms with Crippen molar-refractivity contribution in [3.63, 3.8) is 0 Å². The fraction of sp³-hybridized carbons (Fsp3) is 0.500. The van der Waals surface area contributed by atoms with Crippen molar-refractivity contribution in [3.05, 3.63) is 47.0 Å². The molecule has 1 saturated heterocycles. The molecule has 24 heavy (non-hydrogen) atoms. The van der Waals surface area contributed by atoms with Crippen molar-refractivity contribution in [2.24, 2.45) is 5.92 Å². The summed E-state index contributed by atoms with van der Waals surface area (Å²) in [6, 6.07) is 5.51. The summed E-state index contributed by atoms with van der Waals surface area (Å²) < 4.78 is 52.7. The molecule has 1 aromatic carbocycles. The van der Waals surface area contributed by atoms with E-state index >= 15 is 0 Å². The molecular formula is C16H18F4N4. The molecule has 0 spiro atoms. The molecule has 1 aromatic heterocycles. The molecule has 0 amide bonds. The summed E-state index contributed by atoms with van der Waals surface area (Å²) in [7, 11) is 0. The van der Waals surface area contributed by atoms with Crippen LogP contribution in [-0.4, -0.2) is 39.8 Å². The maximum Gasteiger partial charge on any atom is 0.416 e. The van der Waals surface area contributed by atoms with Gasteiger partial charge in [-0.05, 0) is 18.6 Å². The van der Waals surface area contributed by atoms with Crippen LogP contribution < -0.4 is 0 Å². The highest BCUT2D eigenvalue weighted by Gasteiger charge is 2.38. The summed E-state index contributed by atoms with van der Waals surface area (Å²) in [5.41, 5.74) is -0.437.